The smallest absolute Gasteiger partial charge is 0.191 e. The van der Waals surface area contributed by atoms with Crippen LogP contribution in [0.15, 0.2) is 29.3 Å². The molecule has 1 atom stereocenters. The maximum Gasteiger partial charge on any atom is 0.191 e. The minimum absolute atomic E-state index is 0. The number of aliphatic imine (C=N–C) groups is 1. The molecule has 25 heavy (non-hydrogen) atoms. The van der Waals surface area contributed by atoms with Crippen molar-refractivity contribution in [1.29, 1.82) is 0 Å². The first-order valence-corrected chi connectivity index (χ1v) is 8.45. The molecule has 144 valence electrons. The molecule has 0 aromatic heterocycles. The molecule has 0 fully saturated rings. The van der Waals surface area contributed by atoms with Gasteiger partial charge in [-0.05, 0) is 45.6 Å². The van der Waals surface area contributed by atoms with Crippen molar-refractivity contribution < 1.29 is 9.47 Å². The summed E-state index contributed by atoms with van der Waals surface area (Å²) >= 11 is 0. The molecule has 0 saturated heterocycles. The fraction of sp³-hybridized carbons (Fsp3) is 0.611. The van der Waals surface area contributed by atoms with Gasteiger partial charge in [-0.15, -0.1) is 24.0 Å². The lowest BCUT2D eigenvalue weighted by Gasteiger charge is -2.17. The van der Waals surface area contributed by atoms with Crippen LogP contribution in [0.3, 0.4) is 0 Å². The highest BCUT2D eigenvalue weighted by molar-refractivity contribution is 14.0. The third-order valence-electron chi connectivity index (χ3n) is 3.27. The van der Waals surface area contributed by atoms with Crippen LogP contribution in [0.2, 0.25) is 0 Å². The zero-order valence-electron chi connectivity index (χ0n) is 16.0. The van der Waals surface area contributed by atoms with Crippen LogP contribution in [0.4, 0.5) is 0 Å². The highest BCUT2D eigenvalue weighted by Crippen LogP contribution is 2.14. The summed E-state index contributed by atoms with van der Waals surface area (Å²) < 4.78 is 10.9. The molecular formula is C18H33IN4O2. The highest BCUT2D eigenvalue weighted by Gasteiger charge is 2.04. The van der Waals surface area contributed by atoms with Gasteiger partial charge in [-0.3, -0.25) is 0 Å². The van der Waals surface area contributed by atoms with Gasteiger partial charge in [0, 0.05) is 26.2 Å². The summed E-state index contributed by atoms with van der Waals surface area (Å²) in [5.74, 6) is 1.68. The first-order valence-electron chi connectivity index (χ1n) is 8.45. The number of halogens is 1. The molecule has 0 saturated carbocycles. The summed E-state index contributed by atoms with van der Waals surface area (Å²) in [6, 6.07) is 8.29. The maximum atomic E-state index is 5.77. The van der Waals surface area contributed by atoms with Crippen molar-refractivity contribution in [2.45, 2.75) is 26.4 Å². The number of hydrogen-bond acceptors (Lipinski definition) is 4. The van der Waals surface area contributed by atoms with Crippen LogP contribution < -0.4 is 15.4 Å². The van der Waals surface area contributed by atoms with Crippen molar-refractivity contribution in [2.24, 2.45) is 4.99 Å². The van der Waals surface area contributed by atoms with Crippen LogP contribution in [-0.2, 0) is 11.3 Å². The van der Waals surface area contributed by atoms with Gasteiger partial charge < -0.3 is 25.0 Å². The van der Waals surface area contributed by atoms with Crippen molar-refractivity contribution in [3.8, 4) is 5.75 Å². The molecule has 1 aromatic carbocycles. The van der Waals surface area contributed by atoms with Crippen LogP contribution in [-0.4, -0.2) is 64.4 Å². The number of methoxy groups -OCH3 is 1. The Kier molecular flexibility index (Phi) is 13.5. The SMILES string of the molecule is CCNC(=NCc1cccc(OCCN(C)C)c1)NC(C)COC.I. The first-order chi connectivity index (χ1) is 11.5. The predicted octanol–water partition coefficient (Wildman–Crippen LogP) is 2.34. The summed E-state index contributed by atoms with van der Waals surface area (Å²) in [6.45, 7) is 7.75. The number of guanidine groups is 1. The Morgan fingerprint density at radius 3 is 2.72 bits per heavy atom. The fourth-order valence-electron chi connectivity index (χ4n) is 2.10. The average Bonchev–Trinajstić information content (AvgIpc) is 2.53. The summed E-state index contributed by atoms with van der Waals surface area (Å²) in [5.41, 5.74) is 1.12. The summed E-state index contributed by atoms with van der Waals surface area (Å²) in [5, 5.41) is 6.58. The molecular weight excluding hydrogens is 431 g/mol. The summed E-state index contributed by atoms with van der Waals surface area (Å²) in [6.07, 6.45) is 0. The van der Waals surface area contributed by atoms with E-state index in [9.17, 15) is 0 Å². The lowest BCUT2D eigenvalue weighted by Crippen LogP contribution is -2.43. The van der Waals surface area contributed by atoms with E-state index in [0.29, 0.717) is 19.8 Å². The zero-order valence-corrected chi connectivity index (χ0v) is 18.4. The van der Waals surface area contributed by atoms with Gasteiger partial charge in [0.05, 0.1) is 13.2 Å². The van der Waals surface area contributed by atoms with Crippen molar-refractivity contribution in [2.75, 3.05) is 47.5 Å². The quantitative estimate of drug-likeness (QED) is 0.316. The predicted molar refractivity (Wildman–Crippen MR) is 115 cm³/mol. The molecule has 1 unspecified atom stereocenters. The lowest BCUT2D eigenvalue weighted by molar-refractivity contribution is 0.179. The standard InChI is InChI=1S/C18H32N4O2.HI/c1-6-19-18(21-15(2)14-23-5)20-13-16-8-7-9-17(12-16)24-11-10-22(3)4;/h7-9,12,15H,6,10-11,13-14H2,1-5H3,(H2,19,20,21);1H. The minimum atomic E-state index is 0. The number of nitrogens with one attached hydrogen (secondary N) is 2. The number of hydrogen-bond donors (Lipinski definition) is 2. The van der Waals surface area contributed by atoms with Crippen molar-refractivity contribution in [1.82, 2.24) is 15.5 Å². The van der Waals surface area contributed by atoms with Gasteiger partial charge in [0.15, 0.2) is 5.96 Å². The van der Waals surface area contributed by atoms with E-state index in [-0.39, 0.29) is 30.0 Å². The average molecular weight is 464 g/mol. The second kappa shape index (κ2) is 14.1. The van der Waals surface area contributed by atoms with Gasteiger partial charge in [0.2, 0.25) is 0 Å². The van der Waals surface area contributed by atoms with E-state index in [1.807, 2.05) is 32.3 Å². The van der Waals surface area contributed by atoms with E-state index in [0.717, 1.165) is 30.4 Å². The molecule has 0 amide bonds. The Hall–Kier alpha value is -1.06. The second-order valence-corrected chi connectivity index (χ2v) is 6.00. The molecule has 2 N–H and O–H groups in total. The molecule has 6 nitrogen and oxygen atoms in total. The Morgan fingerprint density at radius 1 is 1.32 bits per heavy atom. The third kappa shape index (κ3) is 11.2. The summed E-state index contributed by atoms with van der Waals surface area (Å²) in [7, 11) is 5.77. The molecule has 1 rings (SSSR count). The molecule has 0 aliphatic heterocycles. The van der Waals surface area contributed by atoms with Crippen LogP contribution in [0.5, 0.6) is 5.75 Å². The van der Waals surface area contributed by atoms with Gasteiger partial charge in [-0.1, -0.05) is 12.1 Å². The van der Waals surface area contributed by atoms with Crippen LogP contribution >= 0.6 is 24.0 Å². The molecule has 0 bridgehead atoms. The second-order valence-electron chi connectivity index (χ2n) is 6.00. The van der Waals surface area contributed by atoms with Crippen LogP contribution in [0.25, 0.3) is 0 Å². The molecule has 0 radical (unpaired) electrons. The van der Waals surface area contributed by atoms with Crippen LogP contribution in [0.1, 0.15) is 19.4 Å². The Bertz CT molecular complexity index is 498. The Labute approximate surface area is 169 Å². The first kappa shape index (κ1) is 23.9. The molecule has 0 aliphatic rings. The van der Waals surface area contributed by atoms with Gasteiger partial charge in [-0.2, -0.15) is 0 Å². The molecule has 1 aromatic rings. The van der Waals surface area contributed by atoms with E-state index in [4.69, 9.17) is 9.47 Å². The van der Waals surface area contributed by atoms with Crippen molar-refractivity contribution in [3.63, 3.8) is 0 Å². The minimum Gasteiger partial charge on any atom is -0.492 e. The third-order valence-corrected chi connectivity index (χ3v) is 3.27. The van der Waals surface area contributed by atoms with Crippen molar-refractivity contribution in [3.05, 3.63) is 29.8 Å². The monoisotopic (exact) mass is 464 g/mol. The van der Waals surface area contributed by atoms with Gasteiger partial charge in [0.25, 0.3) is 0 Å². The van der Waals surface area contributed by atoms with E-state index >= 15 is 0 Å². The normalized spacial score (nSPS) is 12.5. The number of ether oxygens (including phenoxy) is 2. The van der Waals surface area contributed by atoms with Crippen molar-refractivity contribution >= 4 is 29.9 Å². The van der Waals surface area contributed by atoms with Crippen LogP contribution in [0, 0.1) is 0 Å². The Morgan fingerprint density at radius 2 is 2.08 bits per heavy atom. The largest absolute Gasteiger partial charge is 0.492 e. The van der Waals surface area contributed by atoms with E-state index < -0.39 is 0 Å². The number of rotatable bonds is 10. The topological polar surface area (TPSA) is 58.1 Å². The van der Waals surface area contributed by atoms with E-state index in [1.165, 1.54) is 0 Å². The number of likely N-dealkylation sites (N-methyl/N-ethyl adjacent to an activating group) is 1. The summed E-state index contributed by atoms with van der Waals surface area (Å²) in [4.78, 5) is 6.73. The molecule has 0 aliphatic carbocycles. The van der Waals surface area contributed by atoms with Gasteiger partial charge >= 0.3 is 0 Å². The van der Waals surface area contributed by atoms with E-state index in [2.05, 4.69) is 40.4 Å². The fourth-order valence-corrected chi connectivity index (χ4v) is 2.10. The van der Waals surface area contributed by atoms with Gasteiger partial charge in [-0.25, -0.2) is 4.99 Å². The lowest BCUT2D eigenvalue weighted by atomic mass is 10.2. The maximum absolute atomic E-state index is 5.77. The highest BCUT2D eigenvalue weighted by atomic mass is 127. The number of nitrogens with zero attached hydrogens (tertiary/aromatic N) is 2. The number of benzene rings is 1. The molecule has 7 heteroatoms. The Balaban J connectivity index is 0.00000576. The molecule has 0 spiro atoms. The zero-order chi connectivity index (χ0) is 17.8. The molecule has 0 heterocycles. The van der Waals surface area contributed by atoms with E-state index in [1.54, 1.807) is 7.11 Å². The van der Waals surface area contributed by atoms with Gasteiger partial charge in [0.1, 0.15) is 12.4 Å².